The van der Waals surface area contributed by atoms with E-state index in [1.54, 1.807) is 0 Å². The minimum absolute atomic E-state index is 0.0810. The first-order valence-electron chi connectivity index (χ1n) is 4.77. The average Bonchev–Trinajstić information content (AvgIpc) is 2.27. The molecule has 0 aliphatic heterocycles. The van der Waals surface area contributed by atoms with E-state index in [2.05, 4.69) is 21.0 Å². The first-order chi connectivity index (χ1) is 8.40. The van der Waals surface area contributed by atoms with Crippen LogP contribution in [-0.2, 0) is 0 Å². The first kappa shape index (κ1) is 13.7. The molecule has 0 atom stereocenters. The Morgan fingerprint density at radius 1 is 1.39 bits per heavy atom. The number of nitrogens with two attached hydrogens (primary N) is 1. The molecule has 0 saturated heterocycles. The van der Waals surface area contributed by atoms with Crippen molar-refractivity contribution in [2.24, 2.45) is 10.7 Å². The van der Waals surface area contributed by atoms with Gasteiger partial charge in [-0.15, -0.1) is 19.6 Å². The van der Waals surface area contributed by atoms with Crippen LogP contribution in [0.4, 0.5) is 18.9 Å². The molecule has 18 heavy (non-hydrogen) atoms. The van der Waals surface area contributed by atoms with Crippen molar-refractivity contribution in [3.8, 4) is 18.1 Å². The van der Waals surface area contributed by atoms with E-state index >= 15 is 0 Å². The van der Waals surface area contributed by atoms with Gasteiger partial charge in [0.2, 0.25) is 0 Å². The van der Waals surface area contributed by atoms with Gasteiger partial charge in [-0.05, 0) is 24.3 Å². The number of nitrogens with one attached hydrogen (secondary N) is 1. The van der Waals surface area contributed by atoms with E-state index in [0.29, 0.717) is 5.69 Å². The second-order valence-corrected chi connectivity index (χ2v) is 3.10. The van der Waals surface area contributed by atoms with Gasteiger partial charge in [0.25, 0.3) is 0 Å². The van der Waals surface area contributed by atoms with Crippen LogP contribution in [0, 0.1) is 12.3 Å². The summed E-state index contributed by atoms with van der Waals surface area (Å²) < 4.78 is 39.4. The fourth-order valence-corrected chi connectivity index (χ4v) is 1.06. The molecule has 0 aliphatic rings. The molecule has 0 bridgehead atoms. The summed E-state index contributed by atoms with van der Waals surface area (Å²) in [5.74, 6) is 2.03. The van der Waals surface area contributed by atoms with Gasteiger partial charge in [0.1, 0.15) is 12.3 Å². The van der Waals surface area contributed by atoms with E-state index in [4.69, 9.17) is 12.2 Å². The van der Waals surface area contributed by atoms with Crippen LogP contribution in [0.15, 0.2) is 29.3 Å². The normalized spacial score (nSPS) is 11.8. The highest BCUT2D eigenvalue weighted by Gasteiger charge is 2.30. The number of halogens is 3. The Kier molecular flexibility index (Phi) is 4.43. The highest BCUT2D eigenvalue weighted by molar-refractivity contribution is 5.92. The maximum atomic E-state index is 11.9. The number of hydrogen-bond acceptors (Lipinski definition) is 2. The van der Waals surface area contributed by atoms with Crippen molar-refractivity contribution >= 4 is 11.6 Å². The zero-order chi connectivity index (χ0) is 13.6. The van der Waals surface area contributed by atoms with E-state index in [1.165, 1.54) is 12.1 Å². The van der Waals surface area contributed by atoms with Crippen molar-refractivity contribution in [1.82, 2.24) is 0 Å². The van der Waals surface area contributed by atoms with Crippen LogP contribution in [0.5, 0.6) is 5.75 Å². The van der Waals surface area contributed by atoms with Gasteiger partial charge < -0.3 is 15.8 Å². The molecule has 4 nitrogen and oxygen atoms in total. The zero-order valence-electron chi connectivity index (χ0n) is 9.16. The second kappa shape index (κ2) is 5.82. The Morgan fingerprint density at radius 2 is 2.00 bits per heavy atom. The van der Waals surface area contributed by atoms with Crippen LogP contribution >= 0.6 is 0 Å². The SMILES string of the molecule is C#CCN=C(N)Nc1ccc(OC(F)(F)F)cc1. The number of nitrogens with zero attached hydrogens (tertiary/aromatic N) is 1. The molecule has 96 valence electrons. The van der Waals surface area contributed by atoms with Gasteiger partial charge in [-0.3, -0.25) is 0 Å². The molecule has 3 N–H and O–H groups in total. The Morgan fingerprint density at radius 3 is 2.50 bits per heavy atom. The third-order valence-corrected chi connectivity index (χ3v) is 1.70. The molecule has 0 amide bonds. The summed E-state index contributed by atoms with van der Waals surface area (Å²) in [6.45, 7) is 0.119. The number of benzene rings is 1. The van der Waals surface area contributed by atoms with Gasteiger partial charge in [0.15, 0.2) is 5.96 Å². The molecule has 7 heteroatoms. The van der Waals surface area contributed by atoms with Crippen molar-refractivity contribution in [2.75, 3.05) is 11.9 Å². The van der Waals surface area contributed by atoms with Gasteiger partial charge in [0, 0.05) is 5.69 Å². The molecule has 0 spiro atoms. The maximum absolute atomic E-state index is 11.9. The highest BCUT2D eigenvalue weighted by Crippen LogP contribution is 2.23. The van der Waals surface area contributed by atoms with Gasteiger partial charge in [0.05, 0.1) is 0 Å². The van der Waals surface area contributed by atoms with E-state index in [9.17, 15) is 13.2 Å². The van der Waals surface area contributed by atoms with Crippen molar-refractivity contribution in [2.45, 2.75) is 6.36 Å². The molecule has 0 aromatic heterocycles. The Hall–Kier alpha value is -2.36. The van der Waals surface area contributed by atoms with Gasteiger partial charge in [-0.1, -0.05) is 5.92 Å². The minimum atomic E-state index is -4.71. The number of ether oxygens (including phenoxy) is 1. The van der Waals surface area contributed by atoms with Crippen molar-refractivity contribution in [3.63, 3.8) is 0 Å². The fourth-order valence-electron chi connectivity index (χ4n) is 1.06. The number of rotatable bonds is 3. The number of terminal acetylenes is 1. The highest BCUT2D eigenvalue weighted by atomic mass is 19.4. The summed E-state index contributed by atoms with van der Waals surface area (Å²) in [4.78, 5) is 3.76. The molecule has 1 aromatic rings. The Labute approximate surface area is 102 Å². The Bertz CT molecular complexity index is 460. The second-order valence-electron chi connectivity index (χ2n) is 3.10. The summed E-state index contributed by atoms with van der Waals surface area (Å²) >= 11 is 0. The summed E-state index contributed by atoms with van der Waals surface area (Å²) in [5.41, 5.74) is 5.94. The van der Waals surface area contributed by atoms with Gasteiger partial charge in [-0.25, -0.2) is 4.99 Å². The lowest BCUT2D eigenvalue weighted by atomic mass is 10.3. The zero-order valence-corrected chi connectivity index (χ0v) is 9.16. The molecular formula is C11H10F3N3O. The standard InChI is InChI=1S/C11H10F3N3O/c1-2-7-16-10(15)17-8-3-5-9(6-4-8)18-11(12,13)14/h1,3-6H,7H2,(H3,15,16,17). The number of aliphatic imine (C=N–C) groups is 1. The molecule has 0 aliphatic carbocycles. The van der Waals surface area contributed by atoms with E-state index < -0.39 is 6.36 Å². The number of guanidine groups is 1. The van der Waals surface area contributed by atoms with Gasteiger partial charge in [-0.2, -0.15) is 0 Å². The van der Waals surface area contributed by atoms with E-state index in [0.717, 1.165) is 12.1 Å². The number of hydrogen-bond donors (Lipinski definition) is 2. The number of alkyl halides is 3. The predicted octanol–water partition coefficient (Wildman–Crippen LogP) is 1.95. The van der Waals surface area contributed by atoms with E-state index in [1.807, 2.05) is 0 Å². The van der Waals surface area contributed by atoms with Crippen LogP contribution in [0.2, 0.25) is 0 Å². The molecule has 1 aromatic carbocycles. The molecule has 0 radical (unpaired) electrons. The molecular weight excluding hydrogens is 247 g/mol. The summed E-state index contributed by atoms with van der Waals surface area (Å²) in [6.07, 6.45) is 0.279. The Balaban J connectivity index is 2.64. The van der Waals surface area contributed by atoms with Crippen molar-refractivity contribution < 1.29 is 17.9 Å². The van der Waals surface area contributed by atoms with Crippen LogP contribution in [0.3, 0.4) is 0 Å². The summed E-state index contributed by atoms with van der Waals surface area (Å²) in [7, 11) is 0. The largest absolute Gasteiger partial charge is 0.573 e. The lowest BCUT2D eigenvalue weighted by molar-refractivity contribution is -0.274. The molecule has 0 fully saturated rings. The third kappa shape index (κ3) is 5.12. The van der Waals surface area contributed by atoms with Crippen LogP contribution < -0.4 is 15.8 Å². The average molecular weight is 257 g/mol. The van der Waals surface area contributed by atoms with Gasteiger partial charge >= 0.3 is 6.36 Å². The first-order valence-corrected chi connectivity index (χ1v) is 4.77. The molecule has 1 rings (SSSR count). The summed E-state index contributed by atoms with van der Waals surface area (Å²) in [5, 5.41) is 2.66. The minimum Gasteiger partial charge on any atom is -0.406 e. The predicted molar refractivity (Wildman–Crippen MR) is 62.1 cm³/mol. The summed E-state index contributed by atoms with van der Waals surface area (Å²) in [6, 6.07) is 5.06. The smallest absolute Gasteiger partial charge is 0.406 e. The van der Waals surface area contributed by atoms with E-state index in [-0.39, 0.29) is 18.3 Å². The van der Waals surface area contributed by atoms with Crippen LogP contribution in [0.25, 0.3) is 0 Å². The fraction of sp³-hybridized carbons (Fsp3) is 0.182. The topological polar surface area (TPSA) is 59.6 Å². The molecule has 0 unspecified atom stereocenters. The number of anilines is 1. The lowest BCUT2D eigenvalue weighted by Crippen LogP contribution is -2.22. The maximum Gasteiger partial charge on any atom is 0.573 e. The van der Waals surface area contributed by atoms with Crippen LogP contribution in [-0.4, -0.2) is 18.9 Å². The lowest BCUT2D eigenvalue weighted by Gasteiger charge is -2.10. The monoisotopic (exact) mass is 257 g/mol. The van der Waals surface area contributed by atoms with Crippen molar-refractivity contribution in [3.05, 3.63) is 24.3 Å². The van der Waals surface area contributed by atoms with Crippen LogP contribution in [0.1, 0.15) is 0 Å². The third-order valence-electron chi connectivity index (χ3n) is 1.70. The van der Waals surface area contributed by atoms with Crippen molar-refractivity contribution in [1.29, 1.82) is 0 Å². The quantitative estimate of drug-likeness (QED) is 0.494. The molecule has 0 heterocycles. The molecule has 0 saturated carbocycles.